The Bertz CT molecular complexity index is 954. The number of benzene rings is 2. The minimum Gasteiger partial charge on any atom is -0.320 e. The summed E-state index contributed by atoms with van der Waals surface area (Å²) >= 11 is 0. The van der Waals surface area contributed by atoms with Gasteiger partial charge in [-0.2, -0.15) is 0 Å². The minimum atomic E-state index is -0.179. The van der Waals surface area contributed by atoms with Crippen LogP contribution >= 0.6 is 0 Å². The van der Waals surface area contributed by atoms with Crippen LogP contribution in [0.15, 0.2) is 48.5 Å². The van der Waals surface area contributed by atoms with Gasteiger partial charge >= 0.3 is 0 Å². The molecule has 3 aliphatic rings. The van der Waals surface area contributed by atoms with Gasteiger partial charge < -0.3 is 10.2 Å². The number of anilines is 3. The van der Waals surface area contributed by atoms with Gasteiger partial charge in [0, 0.05) is 12.6 Å². The standard InChI is InChI=1S/C24H28N4O2/c29-23(17-27-15-7-8-18(27)16-26-13-5-6-14-26)28-21-11-3-1-9-19(21)24(30)25-20-10-2-4-12-22(20)28/h1-4,9-12,18H,5-8,13-17H2,(H,25,30)/t18-/m0/s1. The zero-order valence-electron chi connectivity index (χ0n) is 17.2. The number of fused-ring (bicyclic) bond motifs is 2. The normalized spacial score (nSPS) is 21.8. The summed E-state index contributed by atoms with van der Waals surface area (Å²) < 4.78 is 0. The third-order valence-corrected chi connectivity index (χ3v) is 6.54. The molecule has 3 heterocycles. The molecule has 0 spiro atoms. The number of nitrogens with one attached hydrogen (secondary N) is 1. The summed E-state index contributed by atoms with van der Waals surface area (Å²) in [6, 6.07) is 15.3. The second-order valence-electron chi connectivity index (χ2n) is 8.49. The summed E-state index contributed by atoms with van der Waals surface area (Å²) in [5.41, 5.74) is 2.58. The molecule has 1 atom stereocenters. The van der Waals surface area contributed by atoms with Crippen molar-refractivity contribution in [3.05, 3.63) is 54.1 Å². The number of amides is 2. The van der Waals surface area contributed by atoms with Crippen molar-refractivity contribution in [1.29, 1.82) is 0 Å². The van der Waals surface area contributed by atoms with Crippen molar-refractivity contribution in [1.82, 2.24) is 9.80 Å². The maximum atomic E-state index is 13.7. The van der Waals surface area contributed by atoms with E-state index in [1.54, 1.807) is 11.0 Å². The number of likely N-dealkylation sites (tertiary alicyclic amines) is 2. The summed E-state index contributed by atoms with van der Waals surface area (Å²) in [4.78, 5) is 33.0. The van der Waals surface area contributed by atoms with E-state index in [9.17, 15) is 9.59 Å². The first-order valence-corrected chi connectivity index (χ1v) is 11.0. The van der Waals surface area contributed by atoms with E-state index in [1.165, 1.54) is 25.9 Å². The van der Waals surface area contributed by atoms with Gasteiger partial charge in [-0.3, -0.25) is 19.4 Å². The van der Waals surface area contributed by atoms with Gasteiger partial charge in [0.1, 0.15) is 0 Å². The van der Waals surface area contributed by atoms with Gasteiger partial charge in [0.05, 0.1) is 29.2 Å². The van der Waals surface area contributed by atoms with Crippen molar-refractivity contribution in [3.63, 3.8) is 0 Å². The first kappa shape index (κ1) is 19.3. The maximum absolute atomic E-state index is 13.7. The number of hydrogen-bond donors (Lipinski definition) is 1. The zero-order chi connectivity index (χ0) is 20.5. The molecule has 2 fully saturated rings. The Morgan fingerprint density at radius 2 is 1.67 bits per heavy atom. The van der Waals surface area contributed by atoms with Crippen LogP contribution in [0, 0.1) is 0 Å². The second kappa shape index (κ2) is 8.20. The monoisotopic (exact) mass is 404 g/mol. The fourth-order valence-electron chi connectivity index (χ4n) is 5.04. The second-order valence-corrected chi connectivity index (χ2v) is 8.49. The van der Waals surface area contributed by atoms with Crippen molar-refractivity contribution in [2.45, 2.75) is 31.7 Å². The number of rotatable bonds is 4. The summed E-state index contributed by atoms with van der Waals surface area (Å²) in [6.45, 7) is 4.74. The van der Waals surface area contributed by atoms with E-state index in [2.05, 4.69) is 15.1 Å². The van der Waals surface area contributed by atoms with E-state index in [0.717, 1.165) is 31.6 Å². The fraction of sp³-hybridized carbons (Fsp3) is 0.417. The molecule has 0 aliphatic carbocycles. The lowest BCUT2D eigenvalue weighted by Crippen LogP contribution is -2.44. The molecule has 6 nitrogen and oxygen atoms in total. The van der Waals surface area contributed by atoms with E-state index in [0.29, 0.717) is 29.5 Å². The van der Waals surface area contributed by atoms with Crippen LogP contribution in [0.4, 0.5) is 17.1 Å². The molecule has 1 N–H and O–H groups in total. The summed E-state index contributed by atoms with van der Waals surface area (Å²) in [5, 5.41) is 2.96. The lowest BCUT2D eigenvalue weighted by atomic mass is 10.1. The largest absolute Gasteiger partial charge is 0.320 e. The third kappa shape index (κ3) is 3.61. The Morgan fingerprint density at radius 1 is 0.933 bits per heavy atom. The van der Waals surface area contributed by atoms with E-state index in [1.807, 2.05) is 42.5 Å². The predicted octanol–water partition coefficient (Wildman–Crippen LogP) is 3.48. The maximum Gasteiger partial charge on any atom is 0.257 e. The van der Waals surface area contributed by atoms with Gasteiger partial charge in [-0.15, -0.1) is 0 Å². The first-order chi connectivity index (χ1) is 14.7. The SMILES string of the molecule is O=C1Nc2ccccc2N(C(=O)CN2CCC[C@H]2CN2CCCC2)c2ccccc21. The van der Waals surface area contributed by atoms with Crippen molar-refractivity contribution in [3.8, 4) is 0 Å². The van der Waals surface area contributed by atoms with E-state index < -0.39 is 0 Å². The smallest absolute Gasteiger partial charge is 0.257 e. The first-order valence-electron chi connectivity index (χ1n) is 11.0. The van der Waals surface area contributed by atoms with Gasteiger partial charge in [-0.1, -0.05) is 24.3 Å². The summed E-state index contributed by atoms with van der Waals surface area (Å²) in [5.74, 6) is -0.166. The highest BCUT2D eigenvalue weighted by Crippen LogP contribution is 2.38. The van der Waals surface area contributed by atoms with Crippen LogP contribution in [-0.2, 0) is 4.79 Å². The van der Waals surface area contributed by atoms with Crippen LogP contribution in [0.25, 0.3) is 0 Å². The van der Waals surface area contributed by atoms with Gasteiger partial charge in [0.15, 0.2) is 0 Å². The highest BCUT2D eigenvalue weighted by Gasteiger charge is 2.33. The average Bonchev–Trinajstić information content (AvgIpc) is 3.40. The molecular formula is C24H28N4O2. The minimum absolute atomic E-state index is 0.0136. The van der Waals surface area contributed by atoms with Gasteiger partial charge in [0.2, 0.25) is 5.91 Å². The molecule has 2 aromatic rings. The topological polar surface area (TPSA) is 55.9 Å². The molecule has 2 saturated heterocycles. The van der Waals surface area contributed by atoms with Crippen LogP contribution in [0.5, 0.6) is 0 Å². The zero-order valence-corrected chi connectivity index (χ0v) is 17.2. The Balaban J connectivity index is 1.43. The van der Waals surface area contributed by atoms with Gasteiger partial charge in [0.25, 0.3) is 5.91 Å². The third-order valence-electron chi connectivity index (χ3n) is 6.54. The fourth-order valence-corrected chi connectivity index (χ4v) is 5.04. The number of para-hydroxylation sites is 3. The molecule has 3 aliphatic heterocycles. The number of carbonyl (C=O) groups is 2. The quantitative estimate of drug-likeness (QED) is 0.848. The molecule has 2 aromatic carbocycles. The Kier molecular flexibility index (Phi) is 5.27. The molecule has 156 valence electrons. The average molecular weight is 405 g/mol. The van der Waals surface area contributed by atoms with E-state index in [4.69, 9.17) is 0 Å². The summed E-state index contributed by atoms with van der Waals surface area (Å²) in [7, 11) is 0. The lowest BCUT2D eigenvalue weighted by Gasteiger charge is -2.31. The molecule has 30 heavy (non-hydrogen) atoms. The van der Waals surface area contributed by atoms with Crippen LogP contribution < -0.4 is 10.2 Å². The molecule has 5 rings (SSSR count). The molecular weight excluding hydrogens is 376 g/mol. The number of carbonyl (C=O) groups excluding carboxylic acids is 2. The predicted molar refractivity (Wildman–Crippen MR) is 118 cm³/mol. The molecule has 0 unspecified atom stereocenters. The highest BCUT2D eigenvalue weighted by molar-refractivity contribution is 6.17. The van der Waals surface area contributed by atoms with Crippen LogP contribution in [-0.4, -0.2) is 60.4 Å². The molecule has 0 aromatic heterocycles. The van der Waals surface area contributed by atoms with Crippen LogP contribution in [0.1, 0.15) is 36.0 Å². The van der Waals surface area contributed by atoms with Crippen molar-refractivity contribution >= 4 is 28.9 Å². The molecule has 0 bridgehead atoms. The Morgan fingerprint density at radius 3 is 2.50 bits per heavy atom. The Hall–Kier alpha value is -2.70. The molecule has 2 amide bonds. The number of nitrogens with zero attached hydrogens (tertiary/aromatic N) is 3. The van der Waals surface area contributed by atoms with Crippen molar-refractivity contribution in [2.24, 2.45) is 0 Å². The van der Waals surface area contributed by atoms with Crippen LogP contribution in [0.3, 0.4) is 0 Å². The van der Waals surface area contributed by atoms with Gasteiger partial charge in [-0.25, -0.2) is 0 Å². The molecule has 0 radical (unpaired) electrons. The number of hydrogen-bond acceptors (Lipinski definition) is 4. The highest BCUT2D eigenvalue weighted by atomic mass is 16.2. The Labute approximate surface area is 177 Å². The summed E-state index contributed by atoms with van der Waals surface area (Å²) in [6.07, 6.45) is 4.86. The van der Waals surface area contributed by atoms with Gasteiger partial charge in [-0.05, 0) is 69.6 Å². The lowest BCUT2D eigenvalue weighted by molar-refractivity contribution is -0.119. The molecule has 6 heteroatoms. The van der Waals surface area contributed by atoms with E-state index >= 15 is 0 Å². The molecule has 0 saturated carbocycles. The van der Waals surface area contributed by atoms with Crippen LogP contribution in [0.2, 0.25) is 0 Å². The van der Waals surface area contributed by atoms with E-state index in [-0.39, 0.29) is 11.8 Å². The van der Waals surface area contributed by atoms with Crippen molar-refractivity contribution in [2.75, 3.05) is 42.9 Å². The van der Waals surface area contributed by atoms with Crippen molar-refractivity contribution < 1.29 is 9.59 Å².